The number of H-pyrrole nitrogens is 2. The van der Waals surface area contributed by atoms with Gasteiger partial charge in [-0.05, 0) is 46.9 Å². The summed E-state index contributed by atoms with van der Waals surface area (Å²) in [4.78, 5) is 6.78. The molecule has 2 aromatic heterocycles. The number of rotatable bonds is 6. The standard InChI is InChI=1S/C24H28N4/c1-2-10-22(28-16-20-8-4-6-18-12-14-26-24(18)20)21(9-1)27-15-19-7-3-5-17-11-13-25-23(17)19/h3-8,11-14,21-22,25-28H,1-2,9-10,15-16H2/t21-,22?/m1/s1. The van der Waals surface area contributed by atoms with Crippen molar-refractivity contribution in [1.29, 1.82) is 0 Å². The smallest absolute Gasteiger partial charge is 0.0499 e. The van der Waals surface area contributed by atoms with Gasteiger partial charge >= 0.3 is 0 Å². The highest BCUT2D eigenvalue weighted by atomic mass is 15.0. The molecule has 144 valence electrons. The van der Waals surface area contributed by atoms with Gasteiger partial charge in [0.2, 0.25) is 0 Å². The van der Waals surface area contributed by atoms with Crippen LogP contribution in [0.1, 0.15) is 36.8 Å². The second-order valence-electron chi connectivity index (χ2n) is 7.98. The molecule has 4 nitrogen and oxygen atoms in total. The summed E-state index contributed by atoms with van der Waals surface area (Å²) in [6.45, 7) is 1.82. The number of para-hydroxylation sites is 2. The molecule has 0 saturated heterocycles. The zero-order valence-corrected chi connectivity index (χ0v) is 16.2. The quantitative estimate of drug-likeness (QED) is 0.391. The zero-order valence-electron chi connectivity index (χ0n) is 16.2. The Morgan fingerprint density at radius 1 is 0.679 bits per heavy atom. The fraction of sp³-hybridized carbons (Fsp3) is 0.333. The molecule has 2 aromatic carbocycles. The molecule has 1 aliphatic carbocycles. The average Bonchev–Trinajstić information content (AvgIpc) is 3.41. The van der Waals surface area contributed by atoms with Crippen LogP contribution in [-0.2, 0) is 13.1 Å². The Labute approximate surface area is 165 Å². The molecule has 1 fully saturated rings. The lowest BCUT2D eigenvalue weighted by molar-refractivity contribution is 0.281. The number of fused-ring (bicyclic) bond motifs is 2. The molecule has 0 amide bonds. The first kappa shape index (κ1) is 17.5. The number of aromatic amines is 2. The molecular weight excluding hydrogens is 344 g/mol. The minimum atomic E-state index is 0.516. The molecule has 4 heteroatoms. The molecule has 28 heavy (non-hydrogen) atoms. The van der Waals surface area contributed by atoms with Gasteiger partial charge in [0.05, 0.1) is 0 Å². The molecule has 1 saturated carbocycles. The Morgan fingerprint density at radius 2 is 1.18 bits per heavy atom. The number of benzene rings is 2. The van der Waals surface area contributed by atoms with Crippen LogP contribution in [0.15, 0.2) is 60.9 Å². The van der Waals surface area contributed by atoms with E-state index in [2.05, 4.69) is 69.1 Å². The largest absolute Gasteiger partial charge is 0.361 e. The third-order valence-corrected chi connectivity index (χ3v) is 6.22. The Hall–Kier alpha value is -2.56. The minimum Gasteiger partial charge on any atom is -0.361 e. The van der Waals surface area contributed by atoms with Gasteiger partial charge in [0.25, 0.3) is 0 Å². The molecule has 0 radical (unpaired) electrons. The molecule has 0 spiro atoms. The second kappa shape index (κ2) is 7.82. The zero-order chi connectivity index (χ0) is 18.8. The summed E-state index contributed by atoms with van der Waals surface area (Å²) in [5, 5.41) is 10.3. The second-order valence-corrected chi connectivity index (χ2v) is 7.98. The van der Waals surface area contributed by atoms with Crippen LogP contribution in [0.2, 0.25) is 0 Å². The van der Waals surface area contributed by atoms with Crippen LogP contribution < -0.4 is 10.6 Å². The Bertz CT molecular complexity index is 975. The van der Waals surface area contributed by atoms with E-state index in [-0.39, 0.29) is 0 Å². The summed E-state index contributed by atoms with van der Waals surface area (Å²) < 4.78 is 0. The Balaban J connectivity index is 1.26. The van der Waals surface area contributed by atoms with E-state index in [0.29, 0.717) is 12.1 Å². The van der Waals surface area contributed by atoms with E-state index in [1.807, 2.05) is 12.4 Å². The Morgan fingerprint density at radius 3 is 1.68 bits per heavy atom. The Kier molecular flexibility index (Phi) is 4.90. The monoisotopic (exact) mass is 372 g/mol. The molecule has 0 bridgehead atoms. The minimum absolute atomic E-state index is 0.516. The van der Waals surface area contributed by atoms with Crippen LogP contribution in [-0.4, -0.2) is 22.1 Å². The summed E-state index contributed by atoms with van der Waals surface area (Å²) in [5.74, 6) is 0. The normalized spacial score (nSPS) is 20.1. The van der Waals surface area contributed by atoms with Crippen molar-refractivity contribution in [3.8, 4) is 0 Å². The van der Waals surface area contributed by atoms with Crippen LogP contribution in [0.5, 0.6) is 0 Å². The van der Waals surface area contributed by atoms with Crippen molar-refractivity contribution in [3.63, 3.8) is 0 Å². The lowest BCUT2D eigenvalue weighted by atomic mass is 9.90. The number of hydrogen-bond acceptors (Lipinski definition) is 2. The van der Waals surface area contributed by atoms with E-state index >= 15 is 0 Å². The molecule has 0 aliphatic heterocycles. The molecule has 1 unspecified atom stereocenters. The summed E-state index contributed by atoms with van der Waals surface area (Å²) in [5.41, 5.74) is 5.22. The topological polar surface area (TPSA) is 55.6 Å². The van der Waals surface area contributed by atoms with E-state index in [0.717, 1.165) is 13.1 Å². The van der Waals surface area contributed by atoms with Crippen LogP contribution in [0, 0.1) is 0 Å². The van der Waals surface area contributed by atoms with E-state index in [4.69, 9.17) is 0 Å². The summed E-state index contributed by atoms with van der Waals surface area (Å²) in [7, 11) is 0. The van der Waals surface area contributed by atoms with Gasteiger partial charge in [-0.3, -0.25) is 0 Å². The third kappa shape index (κ3) is 3.46. The maximum absolute atomic E-state index is 3.85. The third-order valence-electron chi connectivity index (χ3n) is 6.22. The van der Waals surface area contributed by atoms with Crippen molar-refractivity contribution in [2.75, 3.05) is 0 Å². The number of hydrogen-bond donors (Lipinski definition) is 4. The number of nitrogens with one attached hydrogen (secondary N) is 4. The van der Waals surface area contributed by atoms with E-state index in [9.17, 15) is 0 Å². The molecule has 2 heterocycles. The van der Waals surface area contributed by atoms with Gasteiger partial charge < -0.3 is 20.6 Å². The van der Waals surface area contributed by atoms with Crippen LogP contribution in [0.25, 0.3) is 21.8 Å². The van der Waals surface area contributed by atoms with Crippen molar-refractivity contribution >= 4 is 21.8 Å². The highest BCUT2D eigenvalue weighted by molar-refractivity contribution is 5.83. The molecule has 4 N–H and O–H groups in total. The summed E-state index contributed by atoms with van der Waals surface area (Å²) in [6, 6.07) is 18.4. The first-order valence-electron chi connectivity index (χ1n) is 10.5. The van der Waals surface area contributed by atoms with Gasteiger partial charge in [0.15, 0.2) is 0 Å². The van der Waals surface area contributed by atoms with Gasteiger partial charge in [-0.2, -0.15) is 0 Å². The molecule has 4 aromatic rings. The summed E-state index contributed by atoms with van der Waals surface area (Å²) >= 11 is 0. The van der Waals surface area contributed by atoms with Gasteiger partial charge in [-0.25, -0.2) is 0 Å². The predicted octanol–water partition coefficient (Wildman–Crippen LogP) is 4.84. The maximum Gasteiger partial charge on any atom is 0.0499 e. The average molecular weight is 373 g/mol. The molecule has 2 atom stereocenters. The van der Waals surface area contributed by atoms with E-state index in [1.165, 1.54) is 58.6 Å². The van der Waals surface area contributed by atoms with Gasteiger partial charge in [-0.1, -0.05) is 49.2 Å². The SMILES string of the molecule is c1cc(CNC2CCCC[C@H]2NCc2cccc3cc[nH]c23)c2[nH]ccc2c1. The fourth-order valence-electron chi connectivity index (χ4n) is 4.70. The van der Waals surface area contributed by atoms with Gasteiger partial charge in [0.1, 0.15) is 0 Å². The summed E-state index contributed by atoms with van der Waals surface area (Å²) in [6.07, 6.45) is 9.17. The first-order chi connectivity index (χ1) is 13.9. The van der Waals surface area contributed by atoms with Crippen molar-refractivity contribution in [2.24, 2.45) is 0 Å². The van der Waals surface area contributed by atoms with Crippen LogP contribution in [0.3, 0.4) is 0 Å². The highest BCUT2D eigenvalue weighted by Crippen LogP contribution is 2.22. The van der Waals surface area contributed by atoms with Crippen molar-refractivity contribution < 1.29 is 0 Å². The maximum atomic E-state index is 3.85. The number of aromatic nitrogens is 2. The lowest BCUT2D eigenvalue weighted by Crippen LogP contribution is -2.49. The van der Waals surface area contributed by atoms with Crippen LogP contribution in [0.4, 0.5) is 0 Å². The van der Waals surface area contributed by atoms with E-state index < -0.39 is 0 Å². The first-order valence-corrected chi connectivity index (χ1v) is 10.5. The predicted molar refractivity (Wildman–Crippen MR) is 116 cm³/mol. The lowest BCUT2D eigenvalue weighted by Gasteiger charge is -2.33. The van der Waals surface area contributed by atoms with E-state index in [1.54, 1.807) is 0 Å². The van der Waals surface area contributed by atoms with Crippen molar-refractivity contribution in [1.82, 2.24) is 20.6 Å². The van der Waals surface area contributed by atoms with Crippen molar-refractivity contribution in [3.05, 3.63) is 72.1 Å². The van der Waals surface area contributed by atoms with Crippen LogP contribution >= 0.6 is 0 Å². The molecular formula is C24H28N4. The highest BCUT2D eigenvalue weighted by Gasteiger charge is 2.24. The molecule has 5 rings (SSSR count). The molecule has 1 aliphatic rings. The van der Waals surface area contributed by atoms with Crippen molar-refractivity contribution in [2.45, 2.75) is 50.9 Å². The van der Waals surface area contributed by atoms with Gasteiger partial charge in [0, 0.05) is 48.6 Å². The fourth-order valence-corrected chi connectivity index (χ4v) is 4.70. The van der Waals surface area contributed by atoms with Gasteiger partial charge in [-0.15, -0.1) is 0 Å².